The molecule has 0 saturated carbocycles. The fraction of sp³-hybridized carbons (Fsp3) is 0.797. The van der Waals surface area contributed by atoms with E-state index < -0.39 is 6.10 Å². The number of allylic oxidation sites excluding steroid dienone is 12. The van der Waals surface area contributed by atoms with Crippen LogP contribution in [0.1, 0.15) is 361 Å². The number of hydrogen-bond acceptors (Lipinski definition) is 6. The fourth-order valence-corrected chi connectivity index (χ4v) is 10.3. The van der Waals surface area contributed by atoms with Crippen molar-refractivity contribution in [1.29, 1.82) is 0 Å². The van der Waals surface area contributed by atoms with Crippen LogP contribution in [0.25, 0.3) is 0 Å². The van der Waals surface area contributed by atoms with Crippen LogP contribution in [0, 0.1) is 0 Å². The molecule has 0 saturated heterocycles. The van der Waals surface area contributed by atoms with Crippen LogP contribution in [0.4, 0.5) is 0 Å². The highest BCUT2D eigenvalue weighted by molar-refractivity contribution is 5.71. The lowest BCUT2D eigenvalue weighted by Crippen LogP contribution is -2.30. The molecule has 0 aromatic rings. The Morgan fingerprint density at radius 1 is 0.263 bits per heavy atom. The summed E-state index contributed by atoms with van der Waals surface area (Å²) in [5.74, 6) is -0.966. The first-order valence-electron chi connectivity index (χ1n) is 34.9. The Morgan fingerprint density at radius 3 is 0.738 bits per heavy atom. The normalized spacial score (nSPS) is 12.5. The molecular weight excluding hydrogens is 985 g/mol. The largest absolute Gasteiger partial charge is 0.462 e. The average Bonchev–Trinajstić information content (AvgIpc) is 3.46. The van der Waals surface area contributed by atoms with Gasteiger partial charge in [-0.15, -0.1) is 0 Å². The summed E-state index contributed by atoms with van der Waals surface area (Å²) in [6.07, 6.45) is 89.6. The van der Waals surface area contributed by atoms with Crippen molar-refractivity contribution in [3.8, 4) is 0 Å². The van der Waals surface area contributed by atoms with Gasteiger partial charge in [0.15, 0.2) is 6.10 Å². The summed E-state index contributed by atoms with van der Waals surface area (Å²) >= 11 is 0. The summed E-state index contributed by atoms with van der Waals surface area (Å²) in [7, 11) is 0. The van der Waals surface area contributed by atoms with Crippen LogP contribution >= 0.6 is 0 Å². The van der Waals surface area contributed by atoms with Crippen LogP contribution in [-0.2, 0) is 28.6 Å². The SMILES string of the molecule is CC/C=C\C/C=C\C/C=C\C/C=C\C/C=C\C/C=C\CCC(=O)OC(COC(=O)CCCCCCCCCCCCCCC)COC(=O)CCCCCCCCCCCCCCCCCCCCCCCCCCCCCCCC. The van der Waals surface area contributed by atoms with Gasteiger partial charge in [-0.1, -0.05) is 357 Å². The van der Waals surface area contributed by atoms with Crippen molar-refractivity contribution in [3.05, 3.63) is 72.9 Å². The number of carbonyl (C=O) groups excluding carboxylic acids is 3. The van der Waals surface area contributed by atoms with Crippen molar-refractivity contribution in [2.45, 2.75) is 367 Å². The second kappa shape index (κ2) is 68.3. The Morgan fingerprint density at radius 2 is 0.487 bits per heavy atom. The summed E-state index contributed by atoms with van der Waals surface area (Å²) in [6, 6.07) is 0. The molecule has 0 aliphatic rings. The molecule has 0 spiro atoms. The third-order valence-corrected chi connectivity index (χ3v) is 15.5. The van der Waals surface area contributed by atoms with Crippen molar-refractivity contribution >= 4 is 17.9 Å². The Kier molecular flexibility index (Phi) is 65.7. The van der Waals surface area contributed by atoms with Gasteiger partial charge in [-0.3, -0.25) is 14.4 Å². The molecule has 0 radical (unpaired) electrons. The Balaban J connectivity index is 4.24. The first-order valence-corrected chi connectivity index (χ1v) is 34.9. The highest BCUT2D eigenvalue weighted by Gasteiger charge is 2.19. The van der Waals surface area contributed by atoms with Crippen molar-refractivity contribution in [3.63, 3.8) is 0 Å². The molecule has 0 aromatic carbocycles. The smallest absolute Gasteiger partial charge is 0.306 e. The van der Waals surface area contributed by atoms with E-state index in [2.05, 4.69) is 87.6 Å². The molecular formula is C74H132O6. The second-order valence-corrected chi connectivity index (χ2v) is 23.4. The molecule has 6 heteroatoms. The molecule has 1 unspecified atom stereocenters. The molecule has 0 aliphatic heterocycles. The van der Waals surface area contributed by atoms with Gasteiger partial charge in [0.1, 0.15) is 13.2 Å². The van der Waals surface area contributed by atoms with Gasteiger partial charge in [-0.25, -0.2) is 0 Å². The Bertz CT molecular complexity index is 1470. The maximum Gasteiger partial charge on any atom is 0.306 e. The predicted octanol–water partition coefficient (Wildman–Crippen LogP) is 24.1. The molecule has 0 aromatic heterocycles. The average molecular weight is 1120 g/mol. The molecule has 0 rings (SSSR count). The van der Waals surface area contributed by atoms with E-state index >= 15 is 0 Å². The molecule has 6 nitrogen and oxygen atoms in total. The zero-order valence-corrected chi connectivity index (χ0v) is 53.3. The van der Waals surface area contributed by atoms with E-state index in [1.165, 1.54) is 238 Å². The van der Waals surface area contributed by atoms with Gasteiger partial charge < -0.3 is 14.2 Å². The van der Waals surface area contributed by atoms with E-state index in [4.69, 9.17) is 14.2 Å². The number of esters is 3. The molecule has 0 fully saturated rings. The molecule has 0 heterocycles. The topological polar surface area (TPSA) is 78.9 Å². The molecule has 0 bridgehead atoms. The molecule has 0 N–H and O–H groups in total. The lowest BCUT2D eigenvalue weighted by Gasteiger charge is -2.18. The minimum Gasteiger partial charge on any atom is -0.462 e. The Labute approximate surface area is 497 Å². The van der Waals surface area contributed by atoms with Gasteiger partial charge in [0.2, 0.25) is 0 Å². The molecule has 0 amide bonds. The minimum atomic E-state index is -0.814. The maximum absolute atomic E-state index is 12.9. The van der Waals surface area contributed by atoms with Crippen LogP contribution in [0.5, 0.6) is 0 Å². The van der Waals surface area contributed by atoms with E-state index in [-0.39, 0.29) is 37.5 Å². The third kappa shape index (κ3) is 65.7. The number of carbonyl (C=O) groups is 3. The van der Waals surface area contributed by atoms with E-state index in [0.717, 1.165) is 77.0 Å². The van der Waals surface area contributed by atoms with Crippen molar-refractivity contribution in [2.75, 3.05) is 13.2 Å². The van der Waals surface area contributed by atoms with Crippen LogP contribution < -0.4 is 0 Å². The van der Waals surface area contributed by atoms with Crippen LogP contribution in [0.2, 0.25) is 0 Å². The highest BCUT2D eigenvalue weighted by Crippen LogP contribution is 2.18. The molecule has 80 heavy (non-hydrogen) atoms. The summed E-state index contributed by atoms with van der Waals surface area (Å²) in [6.45, 7) is 6.52. The van der Waals surface area contributed by atoms with E-state index in [0.29, 0.717) is 19.3 Å². The van der Waals surface area contributed by atoms with Crippen molar-refractivity contribution in [1.82, 2.24) is 0 Å². The summed E-state index contributed by atoms with van der Waals surface area (Å²) < 4.78 is 16.9. The Hall–Kier alpha value is -3.15. The van der Waals surface area contributed by atoms with Crippen LogP contribution in [0.3, 0.4) is 0 Å². The maximum atomic E-state index is 12.9. The van der Waals surface area contributed by atoms with Crippen molar-refractivity contribution in [2.24, 2.45) is 0 Å². The monoisotopic (exact) mass is 1120 g/mol. The van der Waals surface area contributed by atoms with Gasteiger partial charge in [0.05, 0.1) is 0 Å². The lowest BCUT2D eigenvalue weighted by molar-refractivity contribution is -0.166. The zero-order chi connectivity index (χ0) is 57.8. The summed E-state index contributed by atoms with van der Waals surface area (Å²) in [5, 5.41) is 0. The van der Waals surface area contributed by atoms with E-state index in [1.807, 2.05) is 6.08 Å². The molecule has 0 aliphatic carbocycles. The fourth-order valence-electron chi connectivity index (χ4n) is 10.3. The standard InChI is InChI=1S/C74H132O6/c1-4-7-10-13-16-19-22-25-27-29-31-32-33-34-35-36-37-38-39-40-41-43-44-46-49-52-55-58-61-64-67-73(76)79-70-71(69-78-72(75)66-63-60-57-54-51-48-24-21-18-15-12-9-6-3)80-74(77)68-65-62-59-56-53-50-47-45-42-30-28-26-23-20-17-14-11-8-5-2/h8,11,17,20,26,28,42,45,50,53,59,62,71H,4-7,9-10,12-16,18-19,21-25,27,29-41,43-44,46-49,51-52,54-58,60-61,63-70H2,1-3H3/b11-8-,20-17-,28-26-,45-42-,53-50-,62-59-. The summed E-state index contributed by atoms with van der Waals surface area (Å²) in [4.78, 5) is 38.3. The van der Waals surface area contributed by atoms with Gasteiger partial charge >= 0.3 is 17.9 Å². The van der Waals surface area contributed by atoms with Gasteiger partial charge in [-0.05, 0) is 57.8 Å². The third-order valence-electron chi connectivity index (χ3n) is 15.5. The first kappa shape index (κ1) is 76.9. The van der Waals surface area contributed by atoms with Crippen molar-refractivity contribution < 1.29 is 28.6 Å². The number of ether oxygens (including phenoxy) is 3. The molecule has 464 valence electrons. The number of rotatable bonds is 64. The van der Waals surface area contributed by atoms with Gasteiger partial charge in [-0.2, -0.15) is 0 Å². The second-order valence-electron chi connectivity index (χ2n) is 23.4. The van der Waals surface area contributed by atoms with Crippen LogP contribution in [-0.4, -0.2) is 37.2 Å². The van der Waals surface area contributed by atoms with Crippen LogP contribution in [0.15, 0.2) is 72.9 Å². The zero-order valence-electron chi connectivity index (χ0n) is 53.3. The predicted molar refractivity (Wildman–Crippen MR) is 348 cm³/mol. The van der Waals surface area contributed by atoms with E-state index in [9.17, 15) is 14.4 Å². The van der Waals surface area contributed by atoms with Gasteiger partial charge in [0.25, 0.3) is 0 Å². The minimum absolute atomic E-state index is 0.101. The highest BCUT2D eigenvalue weighted by atomic mass is 16.6. The quantitative estimate of drug-likeness (QED) is 0.0261. The van der Waals surface area contributed by atoms with E-state index in [1.54, 1.807) is 0 Å². The summed E-state index contributed by atoms with van der Waals surface area (Å²) in [5.41, 5.74) is 0. The first-order chi connectivity index (χ1) is 39.5. The molecule has 1 atom stereocenters. The van der Waals surface area contributed by atoms with Gasteiger partial charge in [0, 0.05) is 19.3 Å². The number of unbranched alkanes of at least 4 members (excludes halogenated alkanes) is 41. The number of hydrogen-bond donors (Lipinski definition) is 0. The lowest BCUT2D eigenvalue weighted by atomic mass is 10.0.